The second-order valence-corrected chi connectivity index (χ2v) is 6.10. The lowest BCUT2D eigenvalue weighted by molar-refractivity contribution is -0.385. The van der Waals surface area contributed by atoms with E-state index < -0.39 is 25.6 Å². The molecule has 9 nitrogen and oxygen atoms in total. The third-order valence-electron chi connectivity index (χ3n) is 3.06. The Morgan fingerprint density at radius 1 is 1.08 bits per heavy atom. The van der Waals surface area contributed by atoms with Crippen LogP contribution in [0.3, 0.4) is 0 Å². The van der Waals surface area contributed by atoms with Crippen molar-refractivity contribution in [1.82, 2.24) is 0 Å². The van der Waals surface area contributed by atoms with E-state index in [1.807, 2.05) is 13.8 Å². The quantitative estimate of drug-likeness (QED) is 0.259. The first-order valence-electron chi connectivity index (χ1n) is 7.47. The fraction of sp³-hybridized carbons (Fsp3) is 0.188. The van der Waals surface area contributed by atoms with Gasteiger partial charge in [0.1, 0.15) is 10.6 Å². The predicted molar refractivity (Wildman–Crippen MR) is 98.8 cm³/mol. The highest BCUT2D eigenvalue weighted by Crippen LogP contribution is 2.31. The smallest absolute Gasteiger partial charge is 0.282 e. The summed E-state index contributed by atoms with van der Waals surface area (Å²) in [7, 11) is -4.70. The molecule has 0 aliphatic heterocycles. The number of nitro groups is 1. The largest absolute Gasteiger partial charge is 0.297 e. The predicted octanol–water partition coefficient (Wildman–Crippen LogP) is 4.92. The van der Waals surface area contributed by atoms with Gasteiger partial charge < -0.3 is 0 Å². The van der Waals surface area contributed by atoms with E-state index in [0.717, 1.165) is 23.8 Å². The molecule has 0 radical (unpaired) electrons. The van der Waals surface area contributed by atoms with Gasteiger partial charge in [0.2, 0.25) is 0 Å². The highest BCUT2D eigenvalue weighted by atomic mass is 32.2. The van der Waals surface area contributed by atoms with Crippen LogP contribution >= 0.6 is 0 Å². The fourth-order valence-corrected chi connectivity index (χ4v) is 2.51. The number of aliphatic imine (C=N–C) groups is 1. The average molecular weight is 378 g/mol. The van der Waals surface area contributed by atoms with Crippen molar-refractivity contribution in [1.29, 1.82) is 0 Å². The number of aryl methyl sites for hydroxylation is 1. The normalized spacial score (nSPS) is 10.9. The number of rotatable bonds is 5. The first kappa shape index (κ1) is 21.1. The first-order valence-corrected chi connectivity index (χ1v) is 8.91. The van der Waals surface area contributed by atoms with Gasteiger partial charge >= 0.3 is 0 Å². The highest BCUT2D eigenvalue weighted by Gasteiger charge is 2.20. The zero-order valence-electron chi connectivity index (χ0n) is 14.4. The Balaban J connectivity index is 0.00000163. The molecule has 0 aliphatic carbocycles. The molecule has 2 aromatic carbocycles. The van der Waals surface area contributed by atoms with E-state index in [0.29, 0.717) is 11.4 Å². The molecule has 26 heavy (non-hydrogen) atoms. The molecule has 0 amide bonds. The van der Waals surface area contributed by atoms with Gasteiger partial charge in [-0.3, -0.25) is 19.7 Å². The SMILES string of the molecule is C=Nc1ccc(N=Nc2ccc([N+](=O)[O-])cc2S(=O)(=O)O)c(C)c1.CC. The number of non-ortho nitro benzene ring substituents is 1. The average Bonchev–Trinajstić information content (AvgIpc) is 2.61. The second kappa shape index (κ2) is 8.92. The summed E-state index contributed by atoms with van der Waals surface area (Å²) in [5, 5.41) is 18.4. The van der Waals surface area contributed by atoms with Crippen LogP contribution in [-0.4, -0.2) is 24.6 Å². The molecular weight excluding hydrogens is 360 g/mol. The number of nitrogens with zero attached hydrogens (tertiary/aromatic N) is 4. The molecule has 1 N–H and O–H groups in total. The summed E-state index contributed by atoms with van der Waals surface area (Å²) < 4.78 is 32.0. The molecule has 0 saturated carbocycles. The number of hydrogen-bond acceptors (Lipinski definition) is 7. The van der Waals surface area contributed by atoms with Crippen LogP contribution in [0, 0.1) is 17.0 Å². The van der Waals surface area contributed by atoms with Crippen LogP contribution in [0.15, 0.2) is 56.5 Å². The van der Waals surface area contributed by atoms with Gasteiger partial charge in [0.15, 0.2) is 0 Å². The van der Waals surface area contributed by atoms with Crippen LogP contribution in [0.1, 0.15) is 19.4 Å². The molecule has 0 heterocycles. The summed E-state index contributed by atoms with van der Waals surface area (Å²) in [6.45, 7) is 9.16. The number of hydrogen-bond donors (Lipinski definition) is 1. The third kappa shape index (κ3) is 5.26. The van der Waals surface area contributed by atoms with Crippen molar-refractivity contribution in [3.8, 4) is 0 Å². The topological polar surface area (TPSA) is 135 Å². The van der Waals surface area contributed by atoms with Crippen LogP contribution in [-0.2, 0) is 10.1 Å². The van der Waals surface area contributed by atoms with Crippen molar-refractivity contribution in [2.45, 2.75) is 25.7 Å². The standard InChI is InChI=1S/C14H12N4O5S.C2H6/c1-9-7-10(15-2)3-5-12(9)16-17-13-6-4-11(18(19)20)8-14(13)24(21,22)23;1-2/h3-8H,2H2,1H3,(H,21,22,23);1-2H3. The molecular formula is C16H18N4O5S. The summed E-state index contributed by atoms with van der Waals surface area (Å²) in [6.07, 6.45) is 0. The zero-order valence-corrected chi connectivity index (χ0v) is 15.3. The van der Waals surface area contributed by atoms with Gasteiger partial charge in [-0.05, 0) is 43.5 Å². The summed E-state index contributed by atoms with van der Waals surface area (Å²) in [6, 6.07) is 7.86. The Morgan fingerprint density at radius 3 is 2.15 bits per heavy atom. The maximum Gasteiger partial charge on any atom is 0.297 e. The number of azo groups is 1. The van der Waals surface area contributed by atoms with Gasteiger partial charge in [-0.2, -0.15) is 13.5 Å². The van der Waals surface area contributed by atoms with E-state index in [9.17, 15) is 23.1 Å². The third-order valence-corrected chi connectivity index (χ3v) is 3.94. The van der Waals surface area contributed by atoms with E-state index in [-0.39, 0.29) is 5.69 Å². The lowest BCUT2D eigenvalue weighted by atomic mass is 10.2. The Labute approximate surface area is 151 Å². The van der Waals surface area contributed by atoms with Crippen molar-refractivity contribution in [2.75, 3.05) is 0 Å². The monoisotopic (exact) mass is 378 g/mol. The molecule has 0 spiro atoms. The minimum Gasteiger partial charge on any atom is -0.282 e. The molecule has 2 aromatic rings. The van der Waals surface area contributed by atoms with Crippen LogP contribution in [0.5, 0.6) is 0 Å². The fourth-order valence-electron chi connectivity index (χ4n) is 1.86. The van der Waals surface area contributed by atoms with Gasteiger partial charge in [-0.1, -0.05) is 13.8 Å². The Morgan fingerprint density at radius 2 is 1.65 bits per heavy atom. The molecule has 0 unspecified atom stereocenters. The van der Waals surface area contributed by atoms with Crippen LogP contribution < -0.4 is 0 Å². The van der Waals surface area contributed by atoms with Crippen molar-refractivity contribution in [2.24, 2.45) is 15.2 Å². The maximum atomic E-state index is 11.4. The molecule has 2 rings (SSSR count). The highest BCUT2D eigenvalue weighted by molar-refractivity contribution is 7.86. The molecule has 0 bridgehead atoms. The van der Waals surface area contributed by atoms with E-state index in [2.05, 4.69) is 21.9 Å². The van der Waals surface area contributed by atoms with Crippen molar-refractivity contribution < 1.29 is 17.9 Å². The van der Waals surface area contributed by atoms with Crippen molar-refractivity contribution in [3.63, 3.8) is 0 Å². The lowest BCUT2D eigenvalue weighted by Gasteiger charge is -2.03. The number of nitro benzene ring substituents is 1. The van der Waals surface area contributed by atoms with Gasteiger partial charge in [-0.25, -0.2) is 0 Å². The van der Waals surface area contributed by atoms with E-state index in [1.54, 1.807) is 25.1 Å². The Kier molecular flexibility index (Phi) is 7.23. The molecule has 0 saturated heterocycles. The van der Waals surface area contributed by atoms with Gasteiger partial charge in [0.05, 0.1) is 16.3 Å². The summed E-state index contributed by atoms with van der Waals surface area (Å²) in [5.41, 5.74) is 1.11. The molecule has 10 heteroatoms. The molecule has 0 fully saturated rings. The van der Waals surface area contributed by atoms with Gasteiger partial charge in [0.25, 0.3) is 15.8 Å². The summed E-state index contributed by atoms with van der Waals surface area (Å²) >= 11 is 0. The van der Waals surface area contributed by atoms with Crippen LogP contribution in [0.4, 0.5) is 22.7 Å². The van der Waals surface area contributed by atoms with E-state index in [1.165, 1.54) is 0 Å². The number of benzene rings is 2. The van der Waals surface area contributed by atoms with Crippen LogP contribution in [0.2, 0.25) is 0 Å². The lowest BCUT2D eigenvalue weighted by Crippen LogP contribution is -2.00. The van der Waals surface area contributed by atoms with E-state index >= 15 is 0 Å². The van der Waals surface area contributed by atoms with Gasteiger partial charge in [0, 0.05) is 12.1 Å². The van der Waals surface area contributed by atoms with Gasteiger partial charge in [-0.15, -0.1) is 5.11 Å². The first-order chi connectivity index (χ1) is 12.2. The van der Waals surface area contributed by atoms with Crippen molar-refractivity contribution in [3.05, 3.63) is 52.1 Å². The summed E-state index contributed by atoms with van der Waals surface area (Å²) in [4.78, 5) is 13.0. The second-order valence-electron chi connectivity index (χ2n) is 4.71. The van der Waals surface area contributed by atoms with Crippen LogP contribution in [0.25, 0.3) is 0 Å². The molecule has 0 aromatic heterocycles. The Hall–Kier alpha value is -2.98. The van der Waals surface area contributed by atoms with Crippen molar-refractivity contribution >= 4 is 39.6 Å². The Bertz CT molecular complexity index is 955. The van der Waals surface area contributed by atoms with E-state index in [4.69, 9.17) is 0 Å². The minimum atomic E-state index is -4.70. The summed E-state index contributed by atoms with van der Waals surface area (Å²) in [5.74, 6) is 0. The zero-order chi connectivity index (χ0) is 19.9. The molecule has 0 aliphatic rings. The molecule has 138 valence electrons. The minimum absolute atomic E-state index is 0.214. The molecule has 0 atom stereocenters. The maximum absolute atomic E-state index is 11.4.